The van der Waals surface area contributed by atoms with Crippen LogP contribution in [0.2, 0.25) is 0 Å². The second-order valence-electron chi connectivity index (χ2n) is 7.84. The number of sulfonamides is 1. The fourth-order valence-electron chi connectivity index (χ4n) is 3.60. The van der Waals surface area contributed by atoms with Crippen LogP contribution < -0.4 is 4.31 Å². The standard InChI is InChI=1S/C25H25N3O7S/c1-17-18(2)27-35-25(17)28(16-33-13-12-32-3)36(30,31)23-7-5-4-6-22(23)21-9-8-19(14-20(21)15-29)24-26-10-11-34-24/h4-11,14-15H,12-13,16H2,1-3H3. The van der Waals surface area contributed by atoms with Crippen molar-refractivity contribution in [3.8, 4) is 22.6 Å². The van der Waals surface area contributed by atoms with Crippen LogP contribution in [0.15, 0.2) is 68.8 Å². The number of hydrogen-bond donors (Lipinski definition) is 0. The van der Waals surface area contributed by atoms with Gasteiger partial charge in [0.25, 0.3) is 10.0 Å². The van der Waals surface area contributed by atoms with Gasteiger partial charge in [-0.05, 0) is 37.6 Å². The third kappa shape index (κ3) is 4.94. The summed E-state index contributed by atoms with van der Waals surface area (Å²) in [5, 5.41) is 3.91. The molecule has 0 aliphatic heterocycles. The maximum absolute atomic E-state index is 14.0. The summed E-state index contributed by atoms with van der Waals surface area (Å²) < 4.78 is 50.3. The highest BCUT2D eigenvalue weighted by Crippen LogP contribution is 2.36. The van der Waals surface area contributed by atoms with Crippen molar-refractivity contribution in [1.82, 2.24) is 10.1 Å². The van der Waals surface area contributed by atoms with E-state index < -0.39 is 10.0 Å². The second kappa shape index (κ2) is 10.9. The van der Waals surface area contributed by atoms with Gasteiger partial charge in [0.15, 0.2) is 6.29 Å². The molecule has 0 spiro atoms. The van der Waals surface area contributed by atoms with E-state index in [2.05, 4.69) is 10.1 Å². The van der Waals surface area contributed by atoms with E-state index in [1.165, 1.54) is 25.6 Å². The number of nitrogens with zero attached hydrogens (tertiary/aromatic N) is 3. The highest BCUT2D eigenvalue weighted by molar-refractivity contribution is 7.93. The van der Waals surface area contributed by atoms with Crippen molar-refractivity contribution in [2.75, 3.05) is 31.4 Å². The molecule has 11 heteroatoms. The lowest BCUT2D eigenvalue weighted by atomic mass is 9.98. The molecule has 0 atom stereocenters. The topological polar surface area (TPSA) is 125 Å². The van der Waals surface area contributed by atoms with Crippen molar-refractivity contribution in [3.63, 3.8) is 0 Å². The summed E-state index contributed by atoms with van der Waals surface area (Å²) in [6.07, 6.45) is 3.60. The number of aryl methyl sites for hydroxylation is 1. The van der Waals surface area contributed by atoms with Crippen molar-refractivity contribution < 1.29 is 31.6 Å². The van der Waals surface area contributed by atoms with E-state index in [0.29, 0.717) is 46.7 Å². The van der Waals surface area contributed by atoms with Crippen molar-refractivity contribution >= 4 is 22.2 Å². The Kier molecular flexibility index (Phi) is 7.63. The van der Waals surface area contributed by atoms with Crippen LogP contribution in [0.4, 0.5) is 5.88 Å². The minimum Gasteiger partial charge on any atom is -0.445 e. The van der Waals surface area contributed by atoms with Crippen molar-refractivity contribution in [3.05, 3.63) is 71.7 Å². The summed E-state index contributed by atoms with van der Waals surface area (Å²) in [7, 11) is -2.70. The normalized spacial score (nSPS) is 11.5. The summed E-state index contributed by atoms with van der Waals surface area (Å²) in [5.74, 6) is 0.399. The Labute approximate surface area is 208 Å². The first-order valence-corrected chi connectivity index (χ1v) is 12.4. The monoisotopic (exact) mass is 511 g/mol. The van der Waals surface area contributed by atoms with Crippen LogP contribution in [-0.2, 0) is 19.5 Å². The lowest BCUT2D eigenvalue weighted by Crippen LogP contribution is -2.34. The van der Waals surface area contributed by atoms with Gasteiger partial charge in [0, 0.05) is 29.4 Å². The van der Waals surface area contributed by atoms with Crippen LogP contribution in [0.1, 0.15) is 21.6 Å². The lowest BCUT2D eigenvalue weighted by Gasteiger charge is -2.23. The molecule has 0 aliphatic carbocycles. The molecule has 2 heterocycles. The summed E-state index contributed by atoms with van der Waals surface area (Å²) in [6.45, 7) is 3.58. The van der Waals surface area contributed by atoms with E-state index in [1.54, 1.807) is 50.2 Å². The van der Waals surface area contributed by atoms with Gasteiger partial charge in [-0.25, -0.2) is 17.7 Å². The predicted octanol–water partition coefficient (Wildman–Crippen LogP) is 4.24. The molecule has 4 rings (SSSR count). The molecule has 36 heavy (non-hydrogen) atoms. The summed E-state index contributed by atoms with van der Waals surface area (Å²) >= 11 is 0. The van der Waals surface area contributed by atoms with Crippen LogP contribution >= 0.6 is 0 Å². The molecule has 2 aromatic heterocycles. The first-order chi connectivity index (χ1) is 17.4. The number of methoxy groups -OCH3 is 1. The number of hydrogen-bond acceptors (Lipinski definition) is 9. The molecule has 0 unspecified atom stereocenters. The lowest BCUT2D eigenvalue weighted by molar-refractivity contribution is 0.0744. The zero-order valence-electron chi connectivity index (χ0n) is 20.0. The molecular formula is C25H25N3O7S. The molecule has 0 radical (unpaired) electrons. The van der Waals surface area contributed by atoms with Gasteiger partial charge < -0.3 is 18.4 Å². The van der Waals surface area contributed by atoms with Gasteiger partial charge in [-0.3, -0.25) is 4.79 Å². The highest BCUT2D eigenvalue weighted by atomic mass is 32.2. The summed E-state index contributed by atoms with van der Waals surface area (Å²) in [5.41, 5.74) is 2.77. The molecule has 0 amide bonds. The van der Waals surface area contributed by atoms with Crippen LogP contribution in [0, 0.1) is 13.8 Å². The van der Waals surface area contributed by atoms with Gasteiger partial charge in [0.05, 0.1) is 30.0 Å². The molecule has 0 aliphatic rings. The molecular weight excluding hydrogens is 486 g/mol. The smallest absolute Gasteiger partial charge is 0.269 e. The van der Waals surface area contributed by atoms with E-state index in [-0.39, 0.29) is 29.7 Å². The number of aromatic nitrogens is 2. The Morgan fingerprint density at radius 1 is 1.08 bits per heavy atom. The first-order valence-electron chi connectivity index (χ1n) is 11.0. The third-order valence-corrected chi connectivity index (χ3v) is 7.37. The Morgan fingerprint density at radius 2 is 1.89 bits per heavy atom. The number of ether oxygens (including phenoxy) is 2. The zero-order valence-corrected chi connectivity index (χ0v) is 20.8. The minimum atomic E-state index is -4.22. The molecule has 4 aromatic rings. The maximum Gasteiger partial charge on any atom is 0.269 e. The number of aldehydes is 1. The Balaban J connectivity index is 1.81. The molecule has 0 N–H and O–H groups in total. The third-order valence-electron chi connectivity index (χ3n) is 5.60. The van der Waals surface area contributed by atoms with Crippen LogP contribution in [-0.4, -0.2) is 51.9 Å². The fraction of sp³-hybridized carbons (Fsp3) is 0.240. The Morgan fingerprint density at radius 3 is 2.56 bits per heavy atom. The zero-order chi connectivity index (χ0) is 25.7. The average Bonchev–Trinajstić information content (AvgIpc) is 3.54. The quantitative estimate of drug-likeness (QED) is 0.165. The Bertz CT molecular complexity index is 1450. The molecule has 10 nitrogen and oxygen atoms in total. The van der Waals surface area contributed by atoms with E-state index >= 15 is 0 Å². The van der Waals surface area contributed by atoms with Gasteiger partial charge >= 0.3 is 0 Å². The van der Waals surface area contributed by atoms with Gasteiger partial charge in [-0.2, -0.15) is 0 Å². The van der Waals surface area contributed by atoms with E-state index in [0.717, 1.165) is 4.31 Å². The molecule has 0 fully saturated rings. The van der Waals surface area contributed by atoms with Gasteiger partial charge in [0.2, 0.25) is 11.8 Å². The van der Waals surface area contributed by atoms with Gasteiger partial charge in [0.1, 0.15) is 13.0 Å². The Hall–Kier alpha value is -3.80. The van der Waals surface area contributed by atoms with Gasteiger partial charge in [-0.1, -0.05) is 29.4 Å². The predicted molar refractivity (Wildman–Crippen MR) is 131 cm³/mol. The van der Waals surface area contributed by atoms with Crippen LogP contribution in [0.5, 0.6) is 0 Å². The maximum atomic E-state index is 14.0. The molecule has 2 aromatic carbocycles. The van der Waals surface area contributed by atoms with E-state index in [9.17, 15) is 13.2 Å². The highest BCUT2D eigenvalue weighted by Gasteiger charge is 2.32. The first kappa shape index (κ1) is 25.3. The second-order valence-corrected chi connectivity index (χ2v) is 9.67. The summed E-state index contributed by atoms with van der Waals surface area (Å²) in [6, 6.07) is 11.4. The SMILES string of the molecule is COCCOCN(c1onc(C)c1C)S(=O)(=O)c1ccccc1-c1ccc(-c2ncco2)cc1C=O. The number of oxazole rings is 1. The molecule has 0 saturated carbocycles. The van der Waals surface area contributed by atoms with Crippen LogP contribution in [0.3, 0.4) is 0 Å². The van der Waals surface area contributed by atoms with Crippen molar-refractivity contribution in [1.29, 1.82) is 0 Å². The number of carbonyl (C=O) groups is 1. The largest absolute Gasteiger partial charge is 0.445 e. The average molecular weight is 512 g/mol. The van der Waals surface area contributed by atoms with E-state index in [1.807, 2.05) is 0 Å². The molecule has 0 saturated heterocycles. The van der Waals surface area contributed by atoms with Crippen LogP contribution in [0.25, 0.3) is 22.6 Å². The number of carbonyl (C=O) groups excluding carboxylic acids is 1. The number of anilines is 1. The van der Waals surface area contributed by atoms with Gasteiger partial charge in [-0.15, -0.1) is 0 Å². The van der Waals surface area contributed by atoms with E-state index in [4.69, 9.17) is 18.4 Å². The fourth-order valence-corrected chi connectivity index (χ4v) is 5.15. The molecule has 0 bridgehead atoms. The number of benzene rings is 2. The molecule has 188 valence electrons. The minimum absolute atomic E-state index is 0.0271. The van der Waals surface area contributed by atoms with Crippen molar-refractivity contribution in [2.45, 2.75) is 18.7 Å². The summed E-state index contributed by atoms with van der Waals surface area (Å²) in [4.78, 5) is 16.1. The number of rotatable bonds is 11. The van der Waals surface area contributed by atoms with Crippen molar-refractivity contribution in [2.24, 2.45) is 0 Å².